The molecule has 0 spiro atoms. The van der Waals surface area contributed by atoms with Crippen LogP contribution in [0.25, 0.3) is 0 Å². The first-order valence-electron chi connectivity index (χ1n) is 4.50. The number of amides is 1. The Morgan fingerprint density at radius 1 is 1.62 bits per heavy atom. The number of nitrogens with zero attached hydrogens (tertiary/aromatic N) is 1. The van der Waals surface area contributed by atoms with Gasteiger partial charge in [0, 0.05) is 13.2 Å². The maximum atomic E-state index is 11.4. The van der Waals surface area contributed by atoms with Crippen molar-refractivity contribution >= 4 is 5.91 Å². The van der Waals surface area contributed by atoms with Crippen LogP contribution in [0.1, 0.15) is 34.8 Å². The van der Waals surface area contributed by atoms with Gasteiger partial charge in [0.2, 0.25) is 0 Å². The zero-order chi connectivity index (χ0) is 9.26. The fourth-order valence-corrected chi connectivity index (χ4v) is 1.45. The van der Waals surface area contributed by atoms with E-state index in [4.69, 9.17) is 0 Å². The molecule has 0 saturated heterocycles. The summed E-state index contributed by atoms with van der Waals surface area (Å²) >= 11 is 0. The molecule has 3 nitrogen and oxygen atoms in total. The van der Waals surface area contributed by atoms with E-state index in [-0.39, 0.29) is 5.91 Å². The van der Waals surface area contributed by atoms with Gasteiger partial charge in [-0.2, -0.15) is 0 Å². The first-order chi connectivity index (χ1) is 6.33. The van der Waals surface area contributed by atoms with E-state index in [1.165, 1.54) is 12.8 Å². The smallest absolute Gasteiger partial charge is 0.269 e. The number of aromatic nitrogens is 1. The van der Waals surface area contributed by atoms with Crippen LogP contribution in [-0.4, -0.2) is 17.9 Å². The van der Waals surface area contributed by atoms with Crippen molar-refractivity contribution in [3.05, 3.63) is 29.6 Å². The van der Waals surface area contributed by atoms with Gasteiger partial charge in [-0.25, -0.2) is 0 Å². The first-order valence-corrected chi connectivity index (χ1v) is 4.50. The number of carbonyl (C=O) groups is 1. The number of pyridine rings is 1. The molecule has 13 heavy (non-hydrogen) atoms. The third kappa shape index (κ3) is 1.54. The SMILES string of the molecule is CNC(=O)c1ncccc1C1CC1. The van der Waals surface area contributed by atoms with Crippen LogP contribution in [0.15, 0.2) is 18.3 Å². The lowest BCUT2D eigenvalue weighted by Gasteiger charge is -2.04. The van der Waals surface area contributed by atoms with Crippen LogP contribution in [0.4, 0.5) is 0 Å². The predicted molar refractivity (Wildman–Crippen MR) is 49.6 cm³/mol. The summed E-state index contributed by atoms with van der Waals surface area (Å²) in [5.41, 5.74) is 1.69. The van der Waals surface area contributed by atoms with Crippen LogP contribution < -0.4 is 5.32 Å². The zero-order valence-corrected chi connectivity index (χ0v) is 7.58. The lowest BCUT2D eigenvalue weighted by Crippen LogP contribution is -2.20. The van der Waals surface area contributed by atoms with Gasteiger partial charge in [-0.1, -0.05) is 6.07 Å². The molecule has 0 aliphatic heterocycles. The summed E-state index contributed by atoms with van der Waals surface area (Å²) in [6.45, 7) is 0. The van der Waals surface area contributed by atoms with Gasteiger partial charge in [-0.15, -0.1) is 0 Å². The number of carbonyl (C=O) groups excluding carboxylic acids is 1. The van der Waals surface area contributed by atoms with Gasteiger partial charge in [-0.05, 0) is 30.4 Å². The molecule has 1 aliphatic carbocycles. The summed E-state index contributed by atoms with van der Waals surface area (Å²) in [6.07, 6.45) is 4.04. The summed E-state index contributed by atoms with van der Waals surface area (Å²) in [4.78, 5) is 15.5. The van der Waals surface area contributed by atoms with Crippen molar-refractivity contribution in [2.75, 3.05) is 7.05 Å². The van der Waals surface area contributed by atoms with E-state index >= 15 is 0 Å². The fraction of sp³-hybridized carbons (Fsp3) is 0.400. The van der Waals surface area contributed by atoms with Gasteiger partial charge >= 0.3 is 0 Å². The molecule has 2 rings (SSSR count). The molecule has 1 aromatic rings. The Labute approximate surface area is 77.2 Å². The van der Waals surface area contributed by atoms with E-state index in [2.05, 4.69) is 10.3 Å². The molecular formula is C10H12N2O. The Hall–Kier alpha value is -1.38. The standard InChI is InChI=1S/C10H12N2O/c1-11-10(13)9-8(7-4-5-7)3-2-6-12-9/h2-3,6-7H,4-5H2,1H3,(H,11,13). The normalized spacial score (nSPS) is 15.5. The van der Waals surface area contributed by atoms with Crippen LogP contribution >= 0.6 is 0 Å². The van der Waals surface area contributed by atoms with Gasteiger partial charge in [0.05, 0.1) is 0 Å². The topological polar surface area (TPSA) is 42.0 Å². The molecule has 1 aliphatic rings. The summed E-state index contributed by atoms with van der Waals surface area (Å²) in [7, 11) is 1.63. The van der Waals surface area contributed by atoms with E-state index < -0.39 is 0 Å². The molecule has 1 N–H and O–H groups in total. The minimum Gasteiger partial charge on any atom is -0.354 e. The molecule has 3 heteroatoms. The largest absolute Gasteiger partial charge is 0.354 e. The predicted octanol–water partition coefficient (Wildman–Crippen LogP) is 1.32. The third-order valence-corrected chi connectivity index (χ3v) is 2.30. The quantitative estimate of drug-likeness (QED) is 0.738. The molecule has 0 aromatic carbocycles. The van der Waals surface area contributed by atoms with Crippen molar-refractivity contribution in [3.63, 3.8) is 0 Å². The summed E-state index contributed by atoms with van der Waals surface area (Å²) in [6, 6.07) is 3.88. The van der Waals surface area contributed by atoms with Gasteiger partial charge in [-0.3, -0.25) is 9.78 Å². The van der Waals surface area contributed by atoms with Crippen molar-refractivity contribution in [1.82, 2.24) is 10.3 Å². The van der Waals surface area contributed by atoms with Crippen LogP contribution in [0, 0.1) is 0 Å². The Bertz CT molecular complexity index is 331. The summed E-state index contributed by atoms with van der Waals surface area (Å²) in [5.74, 6) is 0.489. The lowest BCUT2D eigenvalue weighted by molar-refractivity contribution is 0.0957. The minimum atomic E-state index is -0.0810. The average molecular weight is 176 g/mol. The highest BCUT2D eigenvalue weighted by Crippen LogP contribution is 2.40. The van der Waals surface area contributed by atoms with Crippen molar-refractivity contribution in [2.45, 2.75) is 18.8 Å². The molecule has 0 unspecified atom stereocenters. The maximum Gasteiger partial charge on any atom is 0.269 e. The molecule has 1 aromatic heterocycles. The van der Waals surface area contributed by atoms with Crippen LogP contribution in [-0.2, 0) is 0 Å². The first kappa shape index (κ1) is 8.23. The monoisotopic (exact) mass is 176 g/mol. The highest BCUT2D eigenvalue weighted by atomic mass is 16.1. The molecular weight excluding hydrogens is 164 g/mol. The third-order valence-electron chi connectivity index (χ3n) is 2.30. The van der Waals surface area contributed by atoms with Gasteiger partial charge < -0.3 is 5.32 Å². The molecule has 68 valence electrons. The molecule has 0 radical (unpaired) electrons. The molecule has 1 heterocycles. The van der Waals surface area contributed by atoms with E-state index in [0.717, 1.165) is 5.56 Å². The lowest BCUT2D eigenvalue weighted by atomic mass is 10.1. The Morgan fingerprint density at radius 2 is 2.38 bits per heavy atom. The van der Waals surface area contributed by atoms with Crippen molar-refractivity contribution in [3.8, 4) is 0 Å². The molecule has 0 bridgehead atoms. The van der Waals surface area contributed by atoms with Crippen LogP contribution in [0.2, 0.25) is 0 Å². The van der Waals surface area contributed by atoms with E-state index in [1.807, 2.05) is 12.1 Å². The second-order valence-electron chi connectivity index (χ2n) is 3.29. The van der Waals surface area contributed by atoms with Crippen LogP contribution in [0.5, 0.6) is 0 Å². The fourth-order valence-electron chi connectivity index (χ4n) is 1.45. The van der Waals surface area contributed by atoms with E-state index in [9.17, 15) is 4.79 Å². The molecule has 1 saturated carbocycles. The summed E-state index contributed by atoms with van der Waals surface area (Å²) < 4.78 is 0. The van der Waals surface area contributed by atoms with Crippen molar-refractivity contribution in [1.29, 1.82) is 0 Å². The van der Waals surface area contributed by atoms with Crippen molar-refractivity contribution < 1.29 is 4.79 Å². The number of rotatable bonds is 2. The Kier molecular flexibility index (Phi) is 2.00. The molecule has 0 atom stereocenters. The van der Waals surface area contributed by atoms with E-state index in [0.29, 0.717) is 11.6 Å². The molecule has 1 fully saturated rings. The number of hydrogen-bond acceptors (Lipinski definition) is 2. The van der Waals surface area contributed by atoms with Crippen molar-refractivity contribution in [2.24, 2.45) is 0 Å². The highest BCUT2D eigenvalue weighted by Gasteiger charge is 2.28. The Morgan fingerprint density at radius 3 is 3.00 bits per heavy atom. The molecule has 1 amide bonds. The highest BCUT2D eigenvalue weighted by molar-refractivity contribution is 5.93. The van der Waals surface area contributed by atoms with Gasteiger partial charge in [0.1, 0.15) is 5.69 Å². The summed E-state index contributed by atoms with van der Waals surface area (Å²) in [5, 5.41) is 2.60. The van der Waals surface area contributed by atoms with E-state index in [1.54, 1.807) is 13.2 Å². The second kappa shape index (κ2) is 3.17. The average Bonchev–Trinajstić information content (AvgIpc) is 3.00. The second-order valence-corrected chi connectivity index (χ2v) is 3.29. The minimum absolute atomic E-state index is 0.0810. The van der Waals surface area contributed by atoms with Crippen LogP contribution in [0.3, 0.4) is 0 Å². The number of nitrogens with one attached hydrogen (secondary N) is 1. The maximum absolute atomic E-state index is 11.4. The van der Waals surface area contributed by atoms with Gasteiger partial charge in [0.15, 0.2) is 0 Å². The van der Waals surface area contributed by atoms with Gasteiger partial charge in [0.25, 0.3) is 5.91 Å². The number of hydrogen-bond donors (Lipinski definition) is 1. The zero-order valence-electron chi connectivity index (χ0n) is 7.58. The Balaban J connectivity index is 2.36.